The van der Waals surface area contributed by atoms with E-state index >= 15 is 0 Å². The molecule has 0 unspecified atom stereocenters. The summed E-state index contributed by atoms with van der Waals surface area (Å²) in [6, 6.07) is 10.0. The van der Waals surface area contributed by atoms with E-state index < -0.39 is 11.5 Å². The number of hydrogen-bond donors (Lipinski definition) is 2. The fourth-order valence-corrected chi connectivity index (χ4v) is 3.02. The number of hydrogen-bond acceptors (Lipinski definition) is 4. The van der Waals surface area contributed by atoms with Gasteiger partial charge in [-0.25, -0.2) is 4.98 Å². The number of carbonyl (C=O) groups excluding carboxylic acids is 1. The predicted molar refractivity (Wildman–Crippen MR) is 89.1 cm³/mol. The number of aliphatic hydroxyl groups is 1. The molecule has 1 aromatic heterocycles. The van der Waals surface area contributed by atoms with Gasteiger partial charge in [-0.15, -0.1) is 11.3 Å². The monoisotopic (exact) mass is 318 g/mol. The second kappa shape index (κ2) is 7.03. The lowest BCUT2D eigenvalue weighted by atomic mass is 9.79. The summed E-state index contributed by atoms with van der Waals surface area (Å²) in [6.07, 6.45) is 0.170. The number of nitrogens with zero attached hydrogens (tertiary/aromatic N) is 1. The molecular weight excluding hydrogens is 296 g/mol. The van der Waals surface area contributed by atoms with Crippen LogP contribution in [-0.4, -0.2) is 28.6 Å². The molecule has 4 nitrogen and oxygen atoms in total. The van der Waals surface area contributed by atoms with Gasteiger partial charge in [-0.2, -0.15) is 0 Å². The summed E-state index contributed by atoms with van der Waals surface area (Å²) in [6.45, 7) is 6.00. The topological polar surface area (TPSA) is 62.2 Å². The molecule has 1 heterocycles. The minimum absolute atomic E-state index is 0.125. The average Bonchev–Trinajstić information content (AvgIpc) is 2.92. The Balaban J connectivity index is 2.05. The predicted octanol–water partition coefficient (Wildman–Crippen LogP) is 2.81. The Hall–Kier alpha value is -1.72. The second-order valence-corrected chi connectivity index (χ2v) is 6.80. The van der Waals surface area contributed by atoms with E-state index in [2.05, 4.69) is 10.3 Å². The minimum atomic E-state index is -0.532. The van der Waals surface area contributed by atoms with Gasteiger partial charge in [0, 0.05) is 12.0 Å². The highest BCUT2D eigenvalue weighted by Gasteiger charge is 2.31. The molecule has 0 fully saturated rings. The fraction of sp³-hybridized carbons (Fsp3) is 0.412. The first-order valence-electron chi connectivity index (χ1n) is 7.32. The number of amides is 1. The summed E-state index contributed by atoms with van der Waals surface area (Å²) in [5.74, 6) is -0.125. The van der Waals surface area contributed by atoms with Crippen LogP contribution in [0.1, 0.15) is 34.8 Å². The summed E-state index contributed by atoms with van der Waals surface area (Å²) in [5, 5.41) is 13.1. The summed E-state index contributed by atoms with van der Waals surface area (Å²) in [5.41, 5.74) is 3.14. The smallest absolute Gasteiger partial charge is 0.263 e. The van der Waals surface area contributed by atoms with Crippen molar-refractivity contribution < 1.29 is 9.90 Å². The quantitative estimate of drug-likeness (QED) is 0.861. The molecule has 22 heavy (non-hydrogen) atoms. The van der Waals surface area contributed by atoms with E-state index in [4.69, 9.17) is 0 Å². The lowest BCUT2D eigenvalue weighted by molar-refractivity contribution is 0.0501. The van der Waals surface area contributed by atoms with Crippen LogP contribution < -0.4 is 5.32 Å². The number of thiazole rings is 1. The molecule has 0 radical (unpaired) electrons. The molecule has 2 rings (SSSR count). The Morgan fingerprint density at radius 1 is 1.41 bits per heavy atom. The van der Waals surface area contributed by atoms with Crippen LogP contribution in [0.2, 0.25) is 0 Å². The molecule has 0 saturated heterocycles. The van der Waals surface area contributed by atoms with Gasteiger partial charge < -0.3 is 10.4 Å². The Labute approximate surface area is 135 Å². The van der Waals surface area contributed by atoms with Crippen molar-refractivity contribution in [2.24, 2.45) is 5.41 Å². The largest absolute Gasteiger partial charge is 0.393 e. The molecule has 1 amide bonds. The van der Waals surface area contributed by atoms with Gasteiger partial charge >= 0.3 is 0 Å². The van der Waals surface area contributed by atoms with Crippen LogP contribution in [0, 0.1) is 12.3 Å². The summed E-state index contributed by atoms with van der Waals surface area (Å²) in [7, 11) is 0. The third-order valence-corrected chi connectivity index (χ3v) is 4.99. The van der Waals surface area contributed by atoms with Gasteiger partial charge in [0.15, 0.2) is 0 Å². The lowest BCUT2D eigenvalue weighted by Crippen LogP contribution is -2.43. The Bertz CT molecular complexity index is 625. The van der Waals surface area contributed by atoms with Crippen LogP contribution >= 0.6 is 11.3 Å². The maximum absolute atomic E-state index is 12.2. The summed E-state index contributed by atoms with van der Waals surface area (Å²) >= 11 is 1.33. The lowest BCUT2D eigenvalue weighted by Gasteiger charge is -2.33. The third-order valence-electron chi connectivity index (χ3n) is 4.06. The van der Waals surface area contributed by atoms with Crippen LogP contribution in [0.15, 0.2) is 35.8 Å². The van der Waals surface area contributed by atoms with E-state index in [1.165, 1.54) is 11.3 Å². The van der Waals surface area contributed by atoms with Crippen LogP contribution in [-0.2, 0) is 6.42 Å². The fourth-order valence-electron chi connectivity index (χ4n) is 2.30. The first-order valence-corrected chi connectivity index (χ1v) is 8.20. The van der Waals surface area contributed by atoms with E-state index in [1.54, 1.807) is 12.4 Å². The van der Waals surface area contributed by atoms with Crippen LogP contribution in [0.25, 0.3) is 0 Å². The minimum Gasteiger partial charge on any atom is -0.393 e. The first kappa shape index (κ1) is 16.6. The Morgan fingerprint density at radius 2 is 2.09 bits per heavy atom. The van der Waals surface area contributed by atoms with E-state index in [9.17, 15) is 9.90 Å². The molecule has 0 spiro atoms. The molecule has 0 aliphatic rings. The van der Waals surface area contributed by atoms with E-state index in [0.717, 1.165) is 11.3 Å². The van der Waals surface area contributed by atoms with Gasteiger partial charge in [0.25, 0.3) is 5.91 Å². The highest BCUT2D eigenvalue weighted by molar-refractivity contribution is 7.11. The van der Waals surface area contributed by atoms with Crippen molar-refractivity contribution in [3.8, 4) is 0 Å². The van der Waals surface area contributed by atoms with Crippen molar-refractivity contribution in [1.29, 1.82) is 0 Å². The molecule has 0 saturated carbocycles. The molecule has 118 valence electrons. The number of carbonyl (C=O) groups is 1. The molecule has 2 N–H and O–H groups in total. The zero-order valence-corrected chi connectivity index (χ0v) is 14.0. The molecular formula is C17H22N2O2S. The number of rotatable bonds is 6. The van der Waals surface area contributed by atoms with Gasteiger partial charge in [0.05, 0.1) is 17.3 Å². The van der Waals surface area contributed by atoms with Gasteiger partial charge in [-0.05, 0) is 25.8 Å². The molecule has 0 bridgehead atoms. The first-order chi connectivity index (χ1) is 10.4. The standard InChI is InChI=1S/C17H22N2O2S/c1-12-15(22-11-19-12)16(21)18-10-17(3,13(2)20)9-14-7-5-4-6-8-14/h4-8,11,13,20H,9-10H2,1-3H3,(H,18,21)/t13-,17+/m1/s1. The highest BCUT2D eigenvalue weighted by atomic mass is 32.1. The van der Waals surface area contributed by atoms with Crippen LogP contribution in [0.3, 0.4) is 0 Å². The summed E-state index contributed by atoms with van der Waals surface area (Å²) in [4.78, 5) is 17.0. The van der Waals surface area contributed by atoms with Gasteiger partial charge in [-0.3, -0.25) is 4.79 Å². The Kier molecular flexibility index (Phi) is 5.32. The molecule has 2 atom stereocenters. The molecule has 5 heteroatoms. The van der Waals surface area contributed by atoms with Crippen LogP contribution in [0.5, 0.6) is 0 Å². The third kappa shape index (κ3) is 3.93. The van der Waals surface area contributed by atoms with Gasteiger partial charge in [0.2, 0.25) is 0 Å². The van der Waals surface area contributed by atoms with Crippen molar-refractivity contribution >= 4 is 17.2 Å². The number of aliphatic hydroxyl groups excluding tert-OH is 1. The van der Waals surface area contributed by atoms with Crippen molar-refractivity contribution in [1.82, 2.24) is 10.3 Å². The van der Waals surface area contributed by atoms with Gasteiger partial charge in [0.1, 0.15) is 4.88 Å². The summed E-state index contributed by atoms with van der Waals surface area (Å²) < 4.78 is 0. The van der Waals surface area contributed by atoms with E-state index in [1.807, 2.05) is 44.2 Å². The van der Waals surface area contributed by atoms with Crippen molar-refractivity contribution in [3.05, 3.63) is 52.0 Å². The Morgan fingerprint density at radius 3 is 2.64 bits per heavy atom. The van der Waals surface area contributed by atoms with Gasteiger partial charge in [-0.1, -0.05) is 37.3 Å². The zero-order valence-electron chi connectivity index (χ0n) is 13.2. The van der Waals surface area contributed by atoms with E-state index in [0.29, 0.717) is 17.8 Å². The number of benzene rings is 1. The van der Waals surface area contributed by atoms with Crippen molar-refractivity contribution in [2.45, 2.75) is 33.3 Å². The maximum atomic E-state index is 12.2. The SMILES string of the molecule is Cc1ncsc1C(=O)NC[C@](C)(Cc1ccccc1)[C@@H](C)O. The molecule has 2 aromatic rings. The van der Waals surface area contributed by atoms with Crippen molar-refractivity contribution in [3.63, 3.8) is 0 Å². The molecule has 0 aliphatic carbocycles. The zero-order chi connectivity index (χ0) is 16.2. The average molecular weight is 318 g/mol. The second-order valence-electron chi connectivity index (χ2n) is 5.94. The normalized spacial score (nSPS) is 15.1. The molecule has 0 aliphatic heterocycles. The number of aromatic nitrogens is 1. The highest BCUT2D eigenvalue weighted by Crippen LogP contribution is 2.26. The van der Waals surface area contributed by atoms with Crippen LogP contribution in [0.4, 0.5) is 0 Å². The number of nitrogens with one attached hydrogen (secondary N) is 1. The van der Waals surface area contributed by atoms with E-state index in [-0.39, 0.29) is 5.91 Å². The van der Waals surface area contributed by atoms with Crippen molar-refractivity contribution in [2.75, 3.05) is 6.54 Å². The molecule has 1 aromatic carbocycles. The maximum Gasteiger partial charge on any atom is 0.263 e. The number of aryl methyl sites for hydroxylation is 1.